The normalized spacial score (nSPS) is 11.5. The van der Waals surface area contributed by atoms with Crippen LogP contribution in [0, 0.1) is 0 Å². The highest BCUT2D eigenvalue weighted by atomic mass is 28.3. The van der Waals surface area contributed by atoms with Crippen molar-refractivity contribution in [3.05, 3.63) is 0 Å². The van der Waals surface area contributed by atoms with E-state index in [4.69, 9.17) is 0 Å². The molecule has 0 aliphatic rings. The Labute approximate surface area is 80.4 Å². The van der Waals surface area contributed by atoms with Crippen molar-refractivity contribution in [1.29, 1.82) is 0 Å². The van der Waals surface area contributed by atoms with Crippen LogP contribution in [0.3, 0.4) is 0 Å². The van der Waals surface area contributed by atoms with Crippen LogP contribution in [0.1, 0.15) is 53.4 Å². The van der Waals surface area contributed by atoms with Crippen LogP contribution < -0.4 is 0 Å². The van der Waals surface area contributed by atoms with Crippen LogP contribution in [-0.4, -0.2) is 8.80 Å². The lowest BCUT2D eigenvalue weighted by atomic mass is 10.4. The maximum absolute atomic E-state index is 2.43. The Kier molecular flexibility index (Phi) is 7.99. The van der Waals surface area contributed by atoms with Gasteiger partial charge < -0.3 is 0 Å². The standard InChI is InChI=1S/C11H26Si/c1-5-7-9-12(11(3)4)10-8-6-2/h11-12H,5-10H2,1-4H3. The van der Waals surface area contributed by atoms with E-state index in [2.05, 4.69) is 27.7 Å². The molecule has 0 aliphatic carbocycles. The molecule has 74 valence electrons. The van der Waals surface area contributed by atoms with Crippen LogP contribution in [0.4, 0.5) is 0 Å². The number of hydrogen-bond donors (Lipinski definition) is 0. The fourth-order valence-corrected chi connectivity index (χ4v) is 5.23. The topological polar surface area (TPSA) is 0 Å². The molecular formula is C11H26Si. The number of hydrogen-bond acceptors (Lipinski definition) is 0. The van der Waals surface area contributed by atoms with Gasteiger partial charge in [-0.15, -0.1) is 0 Å². The zero-order chi connectivity index (χ0) is 9.40. The maximum atomic E-state index is 2.43. The van der Waals surface area contributed by atoms with Crippen molar-refractivity contribution in [2.45, 2.75) is 71.0 Å². The van der Waals surface area contributed by atoms with E-state index in [-0.39, 0.29) is 8.80 Å². The van der Waals surface area contributed by atoms with Gasteiger partial charge in [-0.05, 0) is 0 Å². The molecular weight excluding hydrogens is 160 g/mol. The number of rotatable bonds is 7. The van der Waals surface area contributed by atoms with Crippen molar-refractivity contribution >= 4 is 8.80 Å². The Morgan fingerprint density at radius 2 is 1.33 bits per heavy atom. The molecule has 0 aromatic carbocycles. The van der Waals surface area contributed by atoms with E-state index in [9.17, 15) is 0 Å². The van der Waals surface area contributed by atoms with Gasteiger partial charge in [-0.25, -0.2) is 0 Å². The Morgan fingerprint density at radius 1 is 0.917 bits per heavy atom. The lowest BCUT2D eigenvalue weighted by molar-refractivity contribution is 0.819. The third kappa shape index (κ3) is 5.82. The second kappa shape index (κ2) is 7.84. The predicted molar refractivity (Wildman–Crippen MR) is 61.7 cm³/mol. The molecule has 0 aromatic rings. The highest BCUT2D eigenvalue weighted by Crippen LogP contribution is 2.20. The monoisotopic (exact) mass is 186 g/mol. The second-order valence-corrected chi connectivity index (χ2v) is 8.30. The summed E-state index contributed by atoms with van der Waals surface area (Å²) in [5.74, 6) is 0. The van der Waals surface area contributed by atoms with Gasteiger partial charge in [-0.3, -0.25) is 0 Å². The van der Waals surface area contributed by atoms with Gasteiger partial charge in [0.05, 0.1) is 0 Å². The van der Waals surface area contributed by atoms with Crippen LogP contribution >= 0.6 is 0 Å². The minimum absolute atomic E-state index is 0.342. The molecule has 0 radical (unpaired) electrons. The van der Waals surface area contributed by atoms with Crippen molar-refractivity contribution in [3.63, 3.8) is 0 Å². The smallest absolute Gasteiger partial charge is 0.0393 e. The highest BCUT2D eigenvalue weighted by Gasteiger charge is 2.13. The third-order valence-electron chi connectivity index (χ3n) is 2.80. The molecule has 0 atom stereocenters. The summed E-state index contributed by atoms with van der Waals surface area (Å²) < 4.78 is 0. The van der Waals surface area contributed by atoms with Gasteiger partial charge in [0, 0.05) is 8.80 Å². The van der Waals surface area contributed by atoms with Gasteiger partial charge >= 0.3 is 0 Å². The Bertz CT molecular complexity index is 81.0. The zero-order valence-electron chi connectivity index (χ0n) is 9.40. The van der Waals surface area contributed by atoms with Gasteiger partial charge in [0.25, 0.3) is 0 Å². The minimum Gasteiger partial charge on any atom is -0.0654 e. The van der Waals surface area contributed by atoms with Crippen LogP contribution in [0.15, 0.2) is 0 Å². The van der Waals surface area contributed by atoms with Gasteiger partial charge in [-0.2, -0.15) is 0 Å². The van der Waals surface area contributed by atoms with E-state index >= 15 is 0 Å². The average Bonchev–Trinajstić information content (AvgIpc) is 2.04. The van der Waals surface area contributed by atoms with Gasteiger partial charge in [-0.1, -0.05) is 71.0 Å². The molecule has 0 aliphatic heterocycles. The average molecular weight is 186 g/mol. The van der Waals surface area contributed by atoms with E-state index in [1.165, 1.54) is 25.7 Å². The SMILES string of the molecule is CCCC[SiH](CCCC)C(C)C. The van der Waals surface area contributed by atoms with Crippen LogP contribution in [0.2, 0.25) is 17.6 Å². The molecule has 0 spiro atoms. The van der Waals surface area contributed by atoms with E-state index in [0.717, 1.165) is 5.54 Å². The lowest BCUT2D eigenvalue weighted by Crippen LogP contribution is -2.15. The third-order valence-corrected chi connectivity index (χ3v) is 6.99. The zero-order valence-corrected chi connectivity index (χ0v) is 10.6. The summed E-state index contributed by atoms with van der Waals surface area (Å²) in [5, 5.41) is 0. The van der Waals surface area contributed by atoms with E-state index < -0.39 is 0 Å². The predicted octanol–water partition coefficient (Wildman–Crippen LogP) is 4.22. The molecule has 0 saturated carbocycles. The summed E-state index contributed by atoms with van der Waals surface area (Å²) in [6.07, 6.45) is 5.75. The molecule has 1 heteroatoms. The van der Waals surface area contributed by atoms with Crippen LogP contribution in [0.5, 0.6) is 0 Å². The van der Waals surface area contributed by atoms with E-state index in [1.54, 1.807) is 12.1 Å². The van der Waals surface area contributed by atoms with Crippen molar-refractivity contribution in [1.82, 2.24) is 0 Å². The van der Waals surface area contributed by atoms with Gasteiger partial charge in [0.15, 0.2) is 0 Å². The van der Waals surface area contributed by atoms with E-state index in [1.807, 2.05) is 0 Å². The fraction of sp³-hybridized carbons (Fsp3) is 1.00. The second-order valence-electron chi connectivity index (χ2n) is 4.29. The molecule has 0 aromatic heterocycles. The van der Waals surface area contributed by atoms with Gasteiger partial charge in [0.1, 0.15) is 0 Å². The maximum Gasteiger partial charge on any atom is 0.0393 e. The summed E-state index contributed by atoms with van der Waals surface area (Å²) in [4.78, 5) is 0. The van der Waals surface area contributed by atoms with Crippen molar-refractivity contribution in [3.8, 4) is 0 Å². The summed E-state index contributed by atoms with van der Waals surface area (Å²) in [6.45, 7) is 9.49. The summed E-state index contributed by atoms with van der Waals surface area (Å²) >= 11 is 0. The van der Waals surface area contributed by atoms with Gasteiger partial charge in [0.2, 0.25) is 0 Å². The molecule has 0 unspecified atom stereocenters. The fourth-order valence-electron chi connectivity index (χ4n) is 1.74. The van der Waals surface area contributed by atoms with Crippen molar-refractivity contribution in [2.75, 3.05) is 0 Å². The molecule has 0 rings (SSSR count). The van der Waals surface area contributed by atoms with Crippen LogP contribution in [-0.2, 0) is 0 Å². The molecule has 0 amide bonds. The Balaban J connectivity index is 3.55. The van der Waals surface area contributed by atoms with Crippen molar-refractivity contribution < 1.29 is 0 Å². The lowest BCUT2D eigenvalue weighted by Gasteiger charge is -2.18. The molecule has 0 nitrogen and oxygen atoms in total. The van der Waals surface area contributed by atoms with E-state index in [0.29, 0.717) is 0 Å². The molecule has 0 heterocycles. The highest BCUT2D eigenvalue weighted by molar-refractivity contribution is 6.60. The first-order valence-electron chi connectivity index (χ1n) is 5.72. The Morgan fingerprint density at radius 3 is 1.58 bits per heavy atom. The first-order valence-corrected chi connectivity index (χ1v) is 8.02. The Hall–Kier alpha value is 0.217. The number of unbranched alkanes of at least 4 members (excludes halogenated alkanes) is 2. The summed E-state index contributed by atoms with van der Waals surface area (Å²) in [6, 6.07) is 3.18. The first kappa shape index (κ1) is 12.2. The molecule has 0 N–H and O–H groups in total. The quantitative estimate of drug-likeness (QED) is 0.522. The summed E-state index contributed by atoms with van der Waals surface area (Å²) in [5.41, 5.74) is 1.03. The molecule has 12 heavy (non-hydrogen) atoms. The molecule has 0 bridgehead atoms. The minimum atomic E-state index is -0.342. The molecule has 0 fully saturated rings. The largest absolute Gasteiger partial charge is 0.0654 e. The molecule has 0 saturated heterocycles. The van der Waals surface area contributed by atoms with Crippen molar-refractivity contribution in [2.24, 2.45) is 0 Å². The van der Waals surface area contributed by atoms with Crippen LogP contribution in [0.25, 0.3) is 0 Å². The summed E-state index contributed by atoms with van der Waals surface area (Å²) in [7, 11) is -0.342. The first-order chi connectivity index (χ1) is 5.72.